The van der Waals surface area contributed by atoms with Crippen molar-refractivity contribution >= 4 is 23.4 Å². The van der Waals surface area contributed by atoms with E-state index >= 15 is 0 Å². The Morgan fingerprint density at radius 1 is 1.26 bits per heavy atom. The van der Waals surface area contributed by atoms with Gasteiger partial charge in [-0.2, -0.15) is 13.2 Å². The number of carbonyl (C=O) groups is 1. The second-order valence-electron chi connectivity index (χ2n) is 5.17. The maximum absolute atomic E-state index is 14.3. The van der Waals surface area contributed by atoms with Crippen molar-refractivity contribution in [3.05, 3.63) is 55.6 Å². The molecule has 0 bridgehead atoms. The minimum absolute atomic E-state index is 0.0242. The number of anilines is 1. The minimum Gasteiger partial charge on any atom is -0.450 e. The summed E-state index contributed by atoms with van der Waals surface area (Å²) in [6, 6.07) is 1.69. The summed E-state index contributed by atoms with van der Waals surface area (Å²) in [7, 11) is 0.784. The Hall–Kier alpha value is -2.82. The fraction of sp³-hybridized carbons (Fsp3) is 0.267. The molecule has 0 atom stereocenters. The average molecular weight is 410 g/mol. The Bertz CT molecular complexity index is 1010. The number of ether oxygens (including phenoxy) is 1. The molecule has 12 heteroatoms. The average Bonchev–Trinajstić information content (AvgIpc) is 2.54. The SMILES string of the molecule is CCOC(=O)Nc1cc(-n2c(=O)cc(C(F)(F)F)n(C)c2=O)c(F)cc1Cl. The molecule has 0 saturated heterocycles. The number of hydrogen-bond donors (Lipinski definition) is 1. The monoisotopic (exact) mass is 409 g/mol. The fourth-order valence-electron chi connectivity index (χ4n) is 2.20. The first-order valence-corrected chi connectivity index (χ1v) is 7.68. The molecule has 1 amide bonds. The lowest BCUT2D eigenvalue weighted by atomic mass is 10.2. The summed E-state index contributed by atoms with van der Waals surface area (Å²) in [5.41, 5.74) is -5.23. The normalized spacial score (nSPS) is 11.4. The van der Waals surface area contributed by atoms with E-state index < -0.39 is 40.7 Å². The van der Waals surface area contributed by atoms with E-state index in [1.54, 1.807) is 0 Å². The van der Waals surface area contributed by atoms with Crippen LogP contribution in [0.2, 0.25) is 5.02 Å². The largest absolute Gasteiger partial charge is 0.450 e. The van der Waals surface area contributed by atoms with Gasteiger partial charge in [-0.3, -0.25) is 14.7 Å². The summed E-state index contributed by atoms with van der Waals surface area (Å²) >= 11 is 5.80. The first kappa shape index (κ1) is 20.5. The van der Waals surface area contributed by atoms with Crippen LogP contribution in [-0.2, 0) is 18.0 Å². The van der Waals surface area contributed by atoms with Crippen LogP contribution < -0.4 is 16.6 Å². The molecular formula is C15H12ClF4N3O4. The molecule has 0 saturated carbocycles. The molecule has 0 radical (unpaired) electrons. The molecule has 7 nitrogen and oxygen atoms in total. The molecule has 1 aromatic heterocycles. The molecule has 0 aliphatic rings. The number of nitrogens with zero attached hydrogens (tertiary/aromatic N) is 2. The maximum Gasteiger partial charge on any atom is 0.431 e. The third-order valence-corrected chi connectivity index (χ3v) is 3.71. The van der Waals surface area contributed by atoms with Crippen molar-refractivity contribution in [3.63, 3.8) is 0 Å². The molecule has 0 aliphatic heterocycles. The fourth-order valence-corrected chi connectivity index (χ4v) is 2.40. The number of nitrogens with one attached hydrogen (secondary N) is 1. The second kappa shape index (κ2) is 7.43. The number of hydrogen-bond acceptors (Lipinski definition) is 4. The molecule has 146 valence electrons. The van der Waals surface area contributed by atoms with Crippen molar-refractivity contribution < 1.29 is 27.1 Å². The summed E-state index contributed by atoms with van der Waals surface area (Å²) in [4.78, 5) is 35.8. The lowest BCUT2D eigenvalue weighted by Crippen LogP contribution is -2.41. The van der Waals surface area contributed by atoms with Crippen LogP contribution in [0.5, 0.6) is 0 Å². The molecular weight excluding hydrogens is 398 g/mol. The molecule has 0 unspecified atom stereocenters. The quantitative estimate of drug-likeness (QED) is 0.790. The van der Waals surface area contributed by atoms with E-state index in [1.807, 2.05) is 0 Å². The molecule has 1 aromatic carbocycles. The molecule has 0 fully saturated rings. The zero-order valence-electron chi connectivity index (χ0n) is 13.9. The third kappa shape index (κ3) is 4.13. The smallest absolute Gasteiger partial charge is 0.431 e. The van der Waals surface area contributed by atoms with Crippen molar-refractivity contribution in [2.45, 2.75) is 13.1 Å². The Morgan fingerprint density at radius 3 is 2.44 bits per heavy atom. The highest BCUT2D eigenvalue weighted by Gasteiger charge is 2.35. The standard InChI is InChI=1S/C15H12ClF4N3O4/c1-3-27-13(25)21-9-5-10(8(17)4-7(9)16)23-12(24)6-11(15(18,19)20)22(2)14(23)26/h4-6H,3H2,1-2H3,(H,21,25). The first-order chi connectivity index (χ1) is 12.5. The zero-order valence-corrected chi connectivity index (χ0v) is 14.6. The molecule has 1 N–H and O–H groups in total. The van der Waals surface area contributed by atoms with Gasteiger partial charge in [-0.25, -0.2) is 18.5 Å². The first-order valence-electron chi connectivity index (χ1n) is 7.30. The van der Waals surface area contributed by atoms with Crippen molar-refractivity contribution in [3.8, 4) is 5.69 Å². The summed E-state index contributed by atoms with van der Waals surface area (Å²) < 4.78 is 57.9. The molecule has 2 rings (SSSR count). The number of carbonyl (C=O) groups excluding carboxylic acids is 1. The van der Waals surface area contributed by atoms with Gasteiger partial charge >= 0.3 is 18.0 Å². The van der Waals surface area contributed by atoms with Gasteiger partial charge in [-0.05, 0) is 19.1 Å². The van der Waals surface area contributed by atoms with Crippen LogP contribution in [0.3, 0.4) is 0 Å². The molecule has 0 spiro atoms. The maximum atomic E-state index is 14.3. The van der Waals surface area contributed by atoms with Gasteiger partial charge in [0.05, 0.1) is 23.0 Å². The Labute approximate surface area is 153 Å². The van der Waals surface area contributed by atoms with Crippen molar-refractivity contribution in [2.24, 2.45) is 7.05 Å². The van der Waals surface area contributed by atoms with Gasteiger partial charge in [0.15, 0.2) is 0 Å². The van der Waals surface area contributed by atoms with E-state index in [9.17, 15) is 31.9 Å². The Balaban J connectivity index is 2.69. The van der Waals surface area contributed by atoms with Crippen LogP contribution in [0.25, 0.3) is 5.69 Å². The predicted molar refractivity (Wildman–Crippen MR) is 87.9 cm³/mol. The third-order valence-electron chi connectivity index (χ3n) is 3.40. The number of benzene rings is 1. The zero-order chi connectivity index (χ0) is 20.5. The van der Waals surface area contributed by atoms with E-state index in [2.05, 4.69) is 10.1 Å². The summed E-state index contributed by atoms with van der Waals surface area (Å²) in [6.45, 7) is 1.55. The van der Waals surface area contributed by atoms with Crippen LogP contribution in [0, 0.1) is 5.82 Å². The van der Waals surface area contributed by atoms with Gasteiger partial charge in [0.2, 0.25) is 0 Å². The Kier molecular flexibility index (Phi) is 5.64. The molecule has 2 aromatic rings. The van der Waals surface area contributed by atoms with Crippen LogP contribution in [0.1, 0.15) is 12.6 Å². The van der Waals surface area contributed by atoms with E-state index in [-0.39, 0.29) is 32.5 Å². The van der Waals surface area contributed by atoms with E-state index in [0.717, 1.165) is 13.1 Å². The van der Waals surface area contributed by atoms with Crippen LogP contribution in [0.15, 0.2) is 27.8 Å². The number of alkyl halides is 3. The van der Waals surface area contributed by atoms with E-state index in [1.165, 1.54) is 6.92 Å². The van der Waals surface area contributed by atoms with Gasteiger partial charge in [0.1, 0.15) is 11.5 Å². The van der Waals surface area contributed by atoms with E-state index in [0.29, 0.717) is 6.07 Å². The lowest BCUT2D eigenvalue weighted by Gasteiger charge is -2.15. The highest BCUT2D eigenvalue weighted by atomic mass is 35.5. The van der Waals surface area contributed by atoms with Crippen LogP contribution in [-0.4, -0.2) is 21.8 Å². The number of halogens is 5. The highest BCUT2D eigenvalue weighted by Crippen LogP contribution is 2.29. The van der Waals surface area contributed by atoms with Gasteiger partial charge in [0.25, 0.3) is 5.56 Å². The summed E-state index contributed by atoms with van der Waals surface area (Å²) in [6.07, 6.45) is -5.90. The highest BCUT2D eigenvalue weighted by molar-refractivity contribution is 6.33. The van der Waals surface area contributed by atoms with Crippen LogP contribution in [0.4, 0.5) is 28.0 Å². The van der Waals surface area contributed by atoms with Crippen molar-refractivity contribution in [1.82, 2.24) is 9.13 Å². The number of rotatable bonds is 3. The topological polar surface area (TPSA) is 82.3 Å². The summed E-state index contributed by atoms with van der Waals surface area (Å²) in [5.74, 6) is -1.16. The Morgan fingerprint density at radius 2 is 1.89 bits per heavy atom. The second-order valence-corrected chi connectivity index (χ2v) is 5.58. The number of amides is 1. The van der Waals surface area contributed by atoms with Gasteiger partial charge < -0.3 is 4.74 Å². The predicted octanol–water partition coefficient (Wildman–Crippen LogP) is 2.92. The number of aromatic nitrogens is 2. The van der Waals surface area contributed by atoms with Gasteiger partial charge in [0, 0.05) is 13.1 Å². The molecule has 27 heavy (non-hydrogen) atoms. The van der Waals surface area contributed by atoms with Gasteiger partial charge in [-0.15, -0.1) is 0 Å². The van der Waals surface area contributed by atoms with Gasteiger partial charge in [-0.1, -0.05) is 11.6 Å². The lowest BCUT2D eigenvalue weighted by molar-refractivity contribution is -0.144. The molecule has 1 heterocycles. The molecule has 0 aliphatic carbocycles. The van der Waals surface area contributed by atoms with Crippen molar-refractivity contribution in [2.75, 3.05) is 11.9 Å². The van der Waals surface area contributed by atoms with Crippen molar-refractivity contribution in [1.29, 1.82) is 0 Å². The van der Waals surface area contributed by atoms with Crippen LogP contribution >= 0.6 is 11.6 Å². The summed E-state index contributed by atoms with van der Waals surface area (Å²) in [5, 5.41) is 1.90. The minimum atomic E-state index is -4.96. The van der Waals surface area contributed by atoms with E-state index in [4.69, 9.17) is 11.6 Å².